The van der Waals surface area contributed by atoms with Crippen molar-refractivity contribution in [2.75, 3.05) is 5.01 Å². The number of anilines is 1. The number of para-hydroxylation sites is 1. The van der Waals surface area contributed by atoms with Crippen LogP contribution in [0.5, 0.6) is 0 Å². The normalized spacial score (nSPS) is 17.0. The van der Waals surface area contributed by atoms with Gasteiger partial charge in [0, 0.05) is 11.4 Å². The first kappa shape index (κ1) is 15.0. The molecule has 0 fully saturated rings. The largest absolute Gasteiger partial charge is 0.257 e. The molecule has 0 aliphatic carbocycles. The highest BCUT2D eigenvalue weighted by Gasteiger charge is 2.29. The number of hydrogen-bond acceptors (Lipinski definition) is 2. The molecule has 0 radical (unpaired) electrons. The quantitative estimate of drug-likeness (QED) is 0.601. The molecule has 118 valence electrons. The van der Waals surface area contributed by atoms with Crippen LogP contribution in [0.3, 0.4) is 0 Å². The van der Waals surface area contributed by atoms with Gasteiger partial charge in [-0.3, -0.25) is 5.01 Å². The zero-order valence-corrected chi connectivity index (χ0v) is 13.9. The Bertz CT molecular complexity index is 842. The Morgan fingerprint density at radius 3 is 2.08 bits per heavy atom. The smallest absolute Gasteiger partial charge is 0.0831 e. The summed E-state index contributed by atoms with van der Waals surface area (Å²) in [6.45, 7) is 0. The molecule has 3 aromatic carbocycles. The molecule has 3 aromatic rings. The molecule has 4 rings (SSSR count). The monoisotopic (exact) mass is 332 g/mol. The van der Waals surface area contributed by atoms with Crippen LogP contribution in [0.15, 0.2) is 90.0 Å². The molecule has 1 heterocycles. The lowest BCUT2D eigenvalue weighted by molar-refractivity contribution is 0.709. The molecule has 1 aliphatic heterocycles. The highest BCUT2D eigenvalue weighted by Crippen LogP contribution is 2.36. The lowest BCUT2D eigenvalue weighted by Gasteiger charge is -2.24. The van der Waals surface area contributed by atoms with Crippen LogP contribution >= 0.6 is 11.6 Å². The summed E-state index contributed by atoms with van der Waals surface area (Å²) in [5, 5.41) is 7.80. The summed E-state index contributed by atoms with van der Waals surface area (Å²) >= 11 is 6.05. The van der Waals surface area contributed by atoms with Crippen LogP contribution in [0, 0.1) is 0 Å². The zero-order valence-electron chi connectivity index (χ0n) is 13.1. The average molecular weight is 333 g/mol. The summed E-state index contributed by atoms with van der Waals surface area (Å²) in [5.74, 6) is 0. The van der Waals surface area contributed by atoms with Gasteiger partial charge in [-0.25, -0.2) is 0 Å². The van der Waals surface area contributed by atoms with Crippen LogP contribution in [-0.4, -0.2) is 5.71 Å². The third-order valence-electron chi connectivity index (χ3n) is 4.29. The molecule has 1 aliphatic rings. The van der Waals surface area contributed by atoms with Crippen molar-refractivity contribution in [3.63, 3.8) is 0 Å². The number of halogens is 1. The van der Waals surface area contributed by atoms with Crippen LogP contribution in [0.25, 0.3) is 0 Å². The molecule has 0 spiro atoms. The summed E-state index contributed by atoms with van der Waals surface area (Å²) in [6.07, 6.45) is 0.876. The van der Waals surface area contributed by atoms with E-state index in [9.17, 15) is 0 Å². The predicted octanol–water partition coefficient (Wildman–Crippen LogP) is 5.70. The number of hydrazone groups is 1. The zero-order chi connectivity index (χ0) is 16.4. The van der Waals surface area contributed by atoms with E-state index in [2.05, 4.69) is 53.5 Å². The molecule has 3 heteroatoms. The molecular weight excluding hydrogens is 316 g/mol. The summed E-state index contributed by atoms with van der Waals surface area (Å²) in [4.78, 5) is 0. The van der Waals surface area contributed by atoms with Gasteiger partial charge in [0.25, 0.3) is 0 Å². The van der Waals surface area contributed by atoms with E-state index in [1.807, 2.05) is 36.4 Å². The minimum atomic E-state index is 0.180. The van der Waals surface area contributed by atoms with Crippen molar-refractivity contribution in [3.05, 3.63) is 101 Å². The van der Waals surface area contributed by atoms with Crippen molar-refractivity contribution in [1.82, 2.24) is 0 Å². The summed E-state index contributed by atoms with van der Waals surface area (Å²) in [5.41, 5.74) is 4.61. The summed E-state index contributed by atoms with van der Waals surface area (Å²) in [7, 11) is 0. The lowest BCUT2D eigenvalue weighted by atomic mass is 9.98. The van der Waals surface area contributed by atoms with Gasteiger partial charge in [-0.2, -0.15) is 5.10 Å². The van der Waals surface area contributed by atoms with Crippen molar-refractivity contribution in [2.24, 2.45) is 5.10 Å². The maximum Gasteiger partial charge on any atom is 0.0831 e. The third-order valence-corrected chi connectivity index (χ3v) is 4.54. The van der Waals surface area contributed by atoms with Gasteiger partial charge in [0.15, 0.2) is 0 Å². The Hall–Kier alpha value is -2.58. The molecule has 0 saturated heterocycles. The van der Waals surface area contributed by atoms with E-state index in [0.29, 0.717) is 0 Å². The summed E-state index contributed by atoms with van der Waals surface area (Å²) in [6, 6.07) is 28.9. The van der Waals surface area contributed by atoms with Gasteiger partial charge in [0.1, 0.15) is 0 Å². The second-order valence-electron chi connectivity index (χ2n) is 5.86. The fourth-order valence-corrected chi connectivity index (χ4v) is 3.20. The molecule has 24 heavy (non-hydrogen) atoms. The van der Waals surface area contributed by atoms with Crippen LogP contribution < -0.4 is 5.01 Å². The lowest BCUT2D eigenvalue weighted by Crippen LogP contribution is -2.18. The van der Waals surface area contributed by atoms with Crippen molar-refractivity contribution in [3.8, 4) is 0 Å². The van der Waals surface area contributed by atoms with Crippen molar-refractivity contribution in [2.45, 2.75) is 12.5 Å². The number of rotatable bonds is 3. The fourth-order valence-electron chi connectivity index (χ4n) is 3.08. The highest BCUT2D eigenvalue weighted by molar-refractivity contribution is 6.30. The Morgan fingerprint density at radius 1 is 0.792 bits per heavy atom. The van der Waals surface area contributed by atoms with E-state index >= 15 is 0 Å². The maximum atomic E-state index is 6.05. The van der Waals surface area contributed by atoms with Gasteiger partial charge in [-0.05, 0) is 35.4 Å². The Labute approximate surface area is 147 Å². The molecule has 0 bridgehead atoms. The topological polar surface area (TPSA) is 15.6 Å². The Balaban J connectivity index is 1.74. The first-order chi connectivity index (χ1) is 11.8. The first-order valence-corrected chi connectivity index (χ1v) is 8.42. The van der Waals surface area contributed by atoms with Gasteiger partial charge in [-0.15, -0.1) is 0 Å². The van der Waals surface area contributed by atoms with E-state index in [1.165, 1.54) is 11.1 Å². The second kappa shape index (κ2) is 6.50. The van der Waals surface area contributed by atoms with Crippen LogP contribution in [0.4, 0.5) is 5.69 Å². The SMILES string of the molecule is Clc1ccc([C@H]2CC(c3ccccc3)=NN2c2ccccc2)cc1. The second-order valence-corrected chi connectivity index (χ2v) is 6.30. The molecule has 0 amide bonds. The number of benzene rings is 3. The van der Waals surface area contributed by atoms with Crippen molar-refractivity contribution in [1.29, 1.82) is 0 Å². The number of nitrogens with zero attached hydrogens (tertiary/aromatic N) is 2. The minimum absolute atomic E-state index is 0.180. The van der Waals surface area contributed by atoms with E-state index in [1.54, 1.807) is 0 Å². The van der Waals surface area contributed by atoms with Gasteiger partial charge < -0.3 is 0 Å². The van der Waals surface area contributed by atoms with Crippen LogP contribution in [-0.2, 0) is 0 Å². The van der Waals surface area contributed by atoms with Gasteiger partial charge in [0.2, 0.25) is 0 Å². The predicted molar refractivity (Wildman–Crippen MR) is 101 cm³/mol. The van der Waals surface area contributed by atoms with Gasteiger partial charge in [-0.1, -0.05) is 72.3 Å². The fraction of sp³-hybridized carbons (Fsp3) is 0.0952. The van der Waals surface area contributed by atoms with E-state index in [4.69, 9.17) is 16.7 Å². The molecule has 2 nitrogen and oxygen atoms in total. The van der Waals surface area contributed by atoms with Crippen molar-refractivity contribution >= 4 is 23.0 Å². The molecule has 0 saturated carbocycles. The van der Waals surface area contributed by atoms with Gasteiger partial charge in [0.05, 0.1) is 17.4 Å². The van der Waals surface area contributed by atoms with E-state index in [0.717, 1.165) is 22.8 Å². The standard InChI is InChI=1S/C21H17ClN2/c22-18-13-11-17(12-14-18)21-15-20(16-7-3-1-4-8-16)23-24(21)19-9-5-2-6-10-19/h1-14,21H,15H2/t21-/m1/s1. The molecule has 0 N–H and O–H groups in total. The molecule has 0 aromatic heterocycles. The maximum absolute atomic E-state index is 6.05. The molecule has 1 atom stereocenters. The third kappa shape index (κ3) is 2.93. The minimum Gasteiger partial charge on any atom is -0.257 e. The molecular formula is C21H17ClN2. The highest BCUT2D eigenvalue weighted by atomic mass is 35.5. The van der Waals surface area contributed by atoms with Crippen LogP contribution in [0.1, 0.15) is 23.6 Å². The Kier molecular flexibility index (Phi) is 4.06. The average Bonchev–Trinajstić information content (AvgIpc) is 3.09. The Morgan fingerprint density at radius 2 is 1.42 bits per heavy atom. The van der Waals surface area contributed by atoms with Crippen LogP contribution in [0.2, 0.25) is 5.02 Å². The number of hydrogen-bond donors (Lipinski definition) is 0. The molecule has 0 unspecified atom stereocenters. The van der Waals surface area contributed by atoms with Crippen molar-refractivity contribution < 1.29 is 0 Å². The summed E-state index contributed by atoms with van der Waals surface area (Å²) < 4.78 is 0. The first-order valence-electron chi connectivity index (χ1n) is 8.04. The van der Waals surface area contributed by atoms with Gasteiger partial charge >= 0.3 is 0 Å². The van der Waals surface area contributed by atoms with E-state index in [-0.39, 0.29) is 6.04 Å². The van der Waals surface area contributed by atoms with E-state index < -0.39 is 0 Å².